The number of carbonyl (C=O) groups excluding carboxylic acids is 1. The Hall–Kier alpha value is -2.63. The molecule has 0 aromatic heterocycles. The van der Waals surface area contributed by atoms with E-state index in [-0.39, 0.29) is 23.5 Å². The highest BCUT2D eigenvalue weighted by Crippen LogP contribution is 2.65. The molecule has 2 aromatic carbocycles. The Balaban J connectivity index is 1.45. The lowest BCUT2D eigenvalue weighted by atomic mass is 9.46. The van der Waals surface area contributed by atoms with E-state index >= 15 is 0 Å². The van der Waals surface area contributed by atoms with E-state index in [0.717, 1.165) is 24.1 Å². The summed E-state index contributed by atoms with van der Waals surface area (Å²) in [5.74, 6) is 0.230. The molecular formula is C24H23NO4. The van der Waals surface area contributed by atoms with Crippen LogP contribution in [0.1, 0.15) is 29.5 Å². The van der Waals surface area contributed by atoms with Crippen molar-refractivity contribution >= 4 is 5.78 Å². The molecule has 2 aromatic rings. The van der Waals surface area contributed by atoms with E-state index in [9.17, 15) is 15.0 Å². The zero-order valence-electron chi connectivity index (χ0n) is 16.0. The van der Waals surface area contributed by atoms with Crippen molar-refractivity contribution in [3.8, 4) is 11.5 Å². The second-order valence-electron chi connectivity index (χ2n) is 8.80. The fourth-order valence-corrected chi connectivity index (χ4v) is 6.32. The van der Waals surface area contributed by atoms with E-state index in [0.29, 0.717) is 18.6 Å². The van der Waals surface area contributed by atoms with Crippen LogP contribution >= 0.6 is 0 Å². The lowest BCUT2D eigenvalue weighted by Gasteiger charge is -2.59. The summed E-state index contributed by atoms with van der Waals surface area (Å²) in [5, 5.41) is 26.1. The fourth-order valence-electron chi connectivity index (χ4n) is 6.32. The molecule has 1 saturated carbocycles. The summed E-state index contributed by atoms with van der Waals surface area (Å²) in [7, 11) is 0. The molecule has 3 aliphatic carbocycles. The van der Waals surface area contributed by atoms with Crippen LogP contribution < -0.4 is 10.1 Å². The van der Waals surface area contributed by atoms with Gasteiger partial charge in [-0.2, -0.15) is 0 Å². The third kappa shape index (κ3) is 2.04. The number of ether oxygens (including phenoxy) is 1. The smallest absolute Gasteiger partial charge is 0.196 e. The number of benzene rings is 2. The van der Waals surface area contributed by atoms with Gasteiger partial charge in [-0.1, -0.05) is 36.4 Å². The average molecular weight is 389 g/mol. The first-order valence-corrected chi connectivity index (χ1v) is 10.3. The van der Waals surface area contributed by atoms with Gasteiger partial charge < -0.3 is 20.3 Å². The second-order valence-corrected chi connectivity index (χ2v) is 8.80. The van der Waals surface area contributed by atoms with E-state index in [2.05, 4.69) is 17.4 Å². The Morgan fingerprint density at radius 1 is 1.17 bits per heavy atom. The molecule has 3 N–H and O–H groups in total. The highest BCUT2D eigenvalue weighted by atomic mass is 16.5. The fraction of sp³-hybridized carbons (Fsp3) is 0.375. The van der Waals surface area contributed by atoms with Gasteiger partial charge in [0.2, 0.25) is 0 Å². The van der Waals surface area contributed by atoms with Crippen LogP contribution in [0.4, 0.5) is 0 Å². The van der Waals surface area contributed by atoms with Crippen LogP contribution in [0.5, 0.6) is 11.5 Å². The number of aliphatic hydroxyl groups is 1. The van der Waals surface area contributed by atoms with Crippen molar-refractivity contribution in [1.82, 2.24) is 5.32 Å². The predicted molar refractivity (Wildman–Crippen MR) is 107 cm³/mol. The van der Waals surface area contributed by atoms with E-state index in [1.807, 2.05) is 24.3 Å². The standard InChI is InChI=1S/C24H23NO4/c26-18-7-6-15-12-16-17(25-13-14-4-2-1-3-5-14)8-10-23-20(15)21(18)29-22(23)19(27)9-11-24(16,23)28/h1-7,9,11,16-17,22,25-26,28H,8,10,12-13H2/t16-,17?,22-,23?,24+/m0/s1. The number of aromatic hydroxyl groups is 1. The number of phenolic OH excluding ortho intramolecular Hbond substituents is 1. The van der Waals surface area contributed by atoms with Gasteiger partial charge in [0.1, 0.15) is 5.60 Å². The van der Waals surface area contributed by atoms with Crippen LogP contribution in [-0.4, -0.2) is 33.7 Å². The lowest BCUT2D eigenvalue weighted by molar-refractivity contribution is -0.149. The average Bonchev–Trinajstić information content (AvgIpc) is 3.09. The molecule has 1 spiro atoms. The number of nitrogens with one attached hydrogen (secondary N) is 1. The van der Waals surface area contributed by atoms with Crippen molar-refractivity contribution in [3.05, 3.63) is 71.3 Å². The maximum atomic E-state index is 12.7. The topological polar surface area (TPSA) is 78.8 Å². The number of hydrogen-bond acceptors (Lipinski definition) is 5. The molecule has 1 fully saturated rings. The van der Waals surface area contributed by atoms with Crippen LogP contribution in [-0.2, 0) is 23.2 Å². The summed E-state index contributed by atoms with van der Waals surface area (Å²) in [6.07, 6.45) is 4.58. The normalized spacial score (nSPS) is 35.9. The number of phenols is 1. The lowest BCUT2D eigenvalue weighted by Crippen LogP contribution is -2.72. The zero-order chi connectivity index (χ0) is 19.8. The maximum absolute atomic E-state index is 12.7. The summed E-state index contributed by atoms with van der Waals surface area (Å²) >= 11 is 0. The number of ketones is 1. The van der Waals surface area contributed by atoms with Crippen molar-refractivity contribution in [1.29, 1.82) is 0 Å². The number of carbonyl (C=O) groups is 1. The van der Waals surface area contributed by atoms with E-state index in [4.69, 9.17) is 4.74 Å². The van der Waals surface area contributed by atoms with Gasteiger partial charge in [-0.25, -0.2) is 0 Å². The molecule has 2 unspecified atom stereocenters. The summed E-state index contributed by atoms with van der Waals surface area (Å²) < 4.78 is 6.02. The molecule has 5 atom stereocenters. The van der Waals surface area contributed by atoms with Crippen molar-refractivity contribution in [2.45, 2.75) is 49.0 Å². The van der Waals surface area contributed by atoms with Crippen LogP contribution in [0, 0.1) is 5.92 Å². The number of rotatable bonds is 3. The minimum atomic E-state index is -1.18. The second kappa shape index (κ2) is 5.71. The Morgan fingerprint density at radius 3 is 2.83 bits per heavy atom. The quantitative estimate of drug-likeness (QED) is 0.751. The largest absolute Gasteiger partial charge is 0.504 e. The van der Waals surface area contributed by atoms with Crippen LogP contribution in [0.15, 0.2) is 54.6 Å². The van der Waals surface area contributed by atoms with Crippen LogP contribution in [0.2, 0.25) is 0 Å². The summed E-state index contributed by atoms with van der Waals surface area (Å²) in [4.78, 5) is 12.7. The number of hydrogen-bond donors (Lipinski definition) is 3. The van der Waals surface area contributed by atoms with Gasteiger partial charge in [0.05, 0.1) is 5.41 Å². The van der Waals surface area contributed by atoms with Crippen molar-refractivity contribution in [2.24, 2.45) is 5.92 Å². The van der Waals surface area contributed by atoms with Gasteiger partial charge in [-0.3, -0.25) is 4.79 Å². The molecule has 6 rings (SSSR count). The highest BCUT2D eigenvalue weighted by molar-refractivity contribution is 5.98. The van der Waals surface area contributed by atoms with Crippen LogP contribution in [0.25, 0.3) is 0 Å². The summed E-state index contributed by atoms with van der Waals surface area (Å²) in [6.45, 7) is 0.737. The van der Waals surface area contributed by atoms with Gasteiger partial charge in [-0.15, -0.1) is 0 Å². The van der Waals surface area contributed by atoms with Crippen molar-refractivity contribution in [3.63, 3.8) is 0 Å². The van der Waals surface area contributed by atoms with Gasteiger partial charge in [0, 0.05) is 24.1 Å². The first kappa shape index (κ1) is 17.2. The Bertz CT molecular complexity index is 1050. The molecular weight excluding hydrogens is 366 g/mol. The first-order chi connectivity index (χ1) is 14.0. The molecule has 1 aliphatic heterocycles. The molecule has 29 heavy (non-hydrogen) atoms. The molecule has 4 aliphatic rings. The third-order valence-corrected chi connectivity index (χ3v) is 7.58. The molecule has 1 heterocycles. The summed E-state index contributed by atoms with van der Waals surface area (Å²) in [6, 6.07) is 13.9. The predicted octanol–water partition coefficient (Wildman–Crippen LogP) is 2.39. The maximum Gasteiger partial charge on any atom is 0.196 e. The summed E-state index contributed by atoms with van der Waals surface area (Å²) in [5.41, 5.74) is 1.14. The van der Waals surface area contributed by atoms with Crippen LogP contribution in [0.3, 0.4) is 0 Å². The van der Waals surface area contributed by atoms with Gasteiger partial charge in [0.15, 0.2) is 23.4 Å². The van der Waals surface area contributed by atoms with E-state index in [1.165, 1.54) is 11.6 Å². The molecule has 0 radical (unpaired) electrons. The monoisotopic (exact) mass is 389 g/mol. The van der Waals surface area contributed by atoms with E-state index in [1.54, 1.807) is 12.1 Å². The third-order valence-electron chi connectivity index (χ3n) is 7.58. The molecule has 2 bridgehead atoms. The first-order valence-electron chi connectivity index (χ1n) is 10.3. The molecule has 148 valence electrons. The zero-order valence-corrected chi connectivity index (χ0v) is 16.0. The minimum Gasteiger partial charge on any atom is -0.504 e. The van der Waals surface area contributed by atoms with Gasteiger partial charge in [0.25, 0.3) is 0 Å². The molecule has 5 heteroatoms. The Labute approximate surface area is 169 Å². The van der Waals surface area contributed by atoms with Gasteiger partial charge in [-0.05, 0) is 48.6 Å². The molecule has 0 amide bonds. The minimum absolute atomic E-state index is 0.0467. The van der Waals surface area contributed by atoms with E-state index < -0.39 is 17.1 Å². The highest BCUT2D eigenvalue weighted by Gasteiger charge is 2.72. The Morgan fingerprint density at radius 2 is 2.00 bits per heavy atom. The SMILES string of the molecule is O=C1C=C[C@@]2(O)[C@H]3Cc4ccc(O)c5c4C2(CCC3NCc2ccccc2)[C@H]1O5. The van der Waals surface area contributed by atoms with Gasteiger partial charge >= 0.3 is 0 Å². The van der Waals surface area contributed by atoms with Crippen molar-refractivity contribution in [2.75, 3.05) is 0 Å². The Kier molecular flexibility index (Phi) is 3.40. The molecule has 0 saturated heterocycles. The molecule has 5 nitrogen and oxygen atoms in total. The van der Waals surface area contributed by atoms with Crippen molar-refractivity contribution < 1.29 is 19.7 Å².